The average molecular weight is 485 g/mol. The zero-order chi connectivity index (χ0) is 19.3. The van der Waals surface area contributed by atoms with Crippen LogP contribution in [0.15, 0.2) is 67.0 Å². The highest BCUT2D eigenvalue weighted by Gasteiger charge is 2.19. The van der Waals surface area contributed by atoms with Crippen LogP contribution in [0.3, 0.4) is 0 Å². The van der Waals surface area contributed by atoms with E-state index in [9.17, 15) is 4.79 Å². The van der Waals surface area contributed by atoms with Gasteiger partial charge < -0.3 is 15.1 Å². The van der Waals surface area contributed by atoms with Crippen molar-refractivity contribution in [3.63, 3.8) is 0 Å². The molecule has 1 N–H and O–H groups in total. The zero-order valence-corrected chi connectivity index (χ0v) is 17.4. The van der Waals surface area contributed by atoms with Gasteiger partial charge in [-0.15, -0.1) is 0 Å². The van der Waals surface area contributed by atoms with Gasteiger partial charge in [-0.05, 0) is 46.9 Å². The number of carbonyl (C=O) groups is 1. The van der Waals surface area contributed by atoms with Crippen LogP contribution in [0.2, 0.25) is 0 Å². The number of aromatic nitrogens is 2. The van der Waals surface area contributed by atoms with Gasteiger partial charge in [-0.25, -0.2) is 9.97 Å². The molecular weight excluding hydrogens is 465 g/mol. The van der Waals surface area contributed by atoms with Crippen molar-refractivity contribution in [2.24, 2.45) is 0 Å². The number of carbonyl (C=O) groups excluding carboxylic acids is 1. The standard InChI is InChI=1S/C21H20IN5O/c22-19-9-5-4-8-18(19)20(28)25-16-14-23-21(24-15-16)27-12-10-26(11-13-27)17-6-2-1-3-7-17/h1-9,14-15H,10-13H2,(H,25,28). The van der Waals surface area contributed by atoms with E-state index in [1.54, 1.807) is 18.5 Å². The summed E-state index contributed by atoms with van der Waals surface area (Å²) in [6, 6.07) is 17.9. The Bertz CT molecular complexity index is 941. The highest BCUT2D eigenvalue weighted by Crippen LogP contribution is 2.19. The summed E-state index contributed by atoms with van der Waals surface area (Å²) in [6.45, 7) is 3.59. The molecule has 2 heterocycles. The summed E-state index contributed by atoms with van der Waals surface area (Å²) in [5.41, 5.74) is 2.48. The number of halogens is 1. The lowest BCUT2D eigenvalue weighted by Gasteiger charge is -2.36. The Morgan fingerprint density at radius 3 is 2.14 bits per heavy atom. The summed E-state index contributed by atoms with van der Waals surface area (Å²) in [7, 11) is 0. The minimum absolute atomic E-state index is 0.155. The van der Waals surface area contributed by atoms with Crippen LogP contribution >= 0.6 is 22.6 Å². The minimum atomic E-state index is -0.155. The molecule has 4 rings (SSSR count). The third-order valence-electron chi connectivity index (χ3n) is 4.70. The smallest absolute Gasteiger partial charge is 0.256 e. The van der Waals surface area contributed by atoms with Gasteiger partial charge in [-0.2, -0.15) is 0 Å². The van der Waals surface area contributed by atoms with E-state index in [2.05, 4.69) is 71.9 Å². The van der Waals surface area contributed by atoms with E-state index in [-0.39, 0.29) is 5.91 Å². The Balaban J connectivity index is 1.36. The fourth-order valence-corrected chi connectivity index (χ4v) is 3.83. The molecule has 2 aromatic carbocycles. The predicted octanol–water partition coefficient (Wildman–Crippen LogP) is 3.66. The summed E-state index contributed by atoms with van der Waals surface area (Å²) >= 11 is 2.16. The molecule has 0 unspecified atom stereocenters. The van der Waals surface area contributed by atoms with Crippen molar-refractivity contribution in [1.82, 2.24) is 9.97 Å². The number of anilines is 3. The topological polar surface area (TPSA) is 61.4 Å². The van der Waals surface area contributed by atoms with E-state index in [0.717, 1.165) is 29.7 Å². The highest BCUT2D eigenvalue weighted by atomic mass is 127. The lowest BCUT2D eigenvalue weighted by atomic mass is 10.2. The quantitative estimate of drug-likeness (QED) is 0.572. The van der Waals surface area contributed by atoms with Crippen molar-refractivity contribution in [2.75, 3.05) is 41.3 Å². The predicted molar refractivity (Wildman–Crippen MR) is 120 cm³/mol. The molecule has 1 saturated heterocycles. The molecule has 1 fully saturated rings. The zero-order valence-electron chi connectivity index (χ0n) is 15.3. The maximum absolute atomic E-state index is 12.4. The number of nitrogens with one attached hydrogen (secondary N) is 1. The number of amides is 1. The van der Waals surface area contributed by atoms with Crippen molar-refractivity contribution < 1.29 is 4.79 Å². The second-order valence-corrected chi connectivity index (χ2v) is 7.68. The number of hydrogen-bond donors (Lipinski definition) is 1. The summed E-state index contributed by atoms with van der Waals surface area (Å²) < 4.78 is 0.909. The van der Waals surface area contributed by atoms with Crippen LogP contribution in [0.1, 0.15) is 10.4 Å². The molecular formula is C21H20IN5O. The van der Waals surface area contributed by atoms with Crippen LogP contribution in [-0.4, -0.2) is 42.1 Å². The lowest BCUT2D eigenvalue weighted by molar-refractivity contribution is 0.102. The number of nitrogens with zero attached hydrogens (tertiary/aromatic N) is 4. The minimum Gasteiger partial charge on any atom is -0.368 e. The van der Waals surface area contributed by atoms with Gasteiger partial charge in [0.05, 0.1) is 23.6 Å². The normalized spacial score (nSPS) is 14.0. The van der Waals surface area contributed by atoms with E-state index in [0.29, 0.717) is 17.2 Å². The van der Waals surface area contributed by atoms with Crippen LogP contribution in [-0.2, 0) is 0 Å². The summed E-state index contributed by atoms with van der Waals surface area (Å²) in [5, 5.41) is 2.86. The SMILES string of the molecule is O=C(Nc1cnc(N2CCN(c3ccccc3)CC2)nc1)c1ccccc1I. The van der Waals surface area contributed by atoms with Gasteiger partial charge in [0, 0.05) is 35.4 Å². The van der Waals surface area contributed by atoms with Crippen LogP contribution in [0, 0.1) is 3.57 Å². The van der Waals surface area contributed by atoms with Crippen molar-refractivity contribution in [3.05, 3.63) is 76.1 Å². The van der Waals surface area contributed by atoms with Gasteiger partial charge in [0.25, 0.3) is 5.91 Å². The number of para-hydroxylation sites is 1. The molecule has 1 aromatic heterocycles. The molecule has 0 radical (unpaired) electrons. The molecule has 6 nitrogen and oxygen atoms in total. The molecule has 0 spiro atoms. The molecule has 0 aliphatic carbocycles. The Morgan fingerprint density at radius 1 is 0.857 bits per heavy atom. The summed E-state index contributed by atoms with van der Waals surface area (Å²) in [6.07, 6.45) is 3.33. The van der Waals surface area contributed by atoms with Crippen LogP contribution in [0.25, 0.3) is 0 Å². The van der Waals surface area contributed by atoms with Crippen LogP contribution in [0.5, 0.6) is 0 Å². The second-order valence-electron chi connectivity index (χ2n) is 6.52. The molecule has 1 aliphatic heterocycles. The summed E-state index contributed by atoms with van der Waals surface area (Å²) in [4.78, 5) is 25.8. The lowest BCUT2D eigenvalue weighted by Crippen LogP contribution is -2.47. The van der Waals surface area contributed by atoms with E-state index < -0.39 is 0 Å². The maximum Gasteiger partial charge on any atom is 0.256 e. The maximum atomic E-state index is 12.4. The van der Waals surface area contributed by atoms with E-state index in [4.69, 9.17) is 0 Å². The Kier molecular flexibility index (Phi) is 5.70. The van der Waals surface area contributed by atoms with E-state index in [1.165, 1.54) is 5.69 Å². The molecule has 1 amide bonds. The van der Waals surface area contributed by atoms with Gasteiger partial charge >= 0.3 is 0 Å². The van der Waals surface area contributed by atoms with Gasteiger partial charge in [-0.1, -0.05) is 30.3 Å². The number of rotatable bonds is 4. The fourth-order valence-electron chi connectivity index (χ4n) is 3.20. The second kappa shape index (κ2) is 8.55. The Labute approximate surface area is 177 Å². The first-order chi connectivity index (χ1) is 13.7. The number of hydrogen-bond acceptors (Lipinski definition) is 5. The summed E-state index contributed by atoms with van der Waals surface area (Å²) in [5.74, 6) is 0.540. The van der Waals surface area contributed by atoms with Crippen LogP contribution in [0.4, 0.5) is 17.3 Å². The van der Waals surface area contributed by atoms with E-state index in [1.807, 2.05) is 24.3 Å². The first-order valence-corrected chi connectivity index (χ1v) is 10.2. The average Bonchev–Trinajstić information content (AvgIpc) is 2.75. The molecule has 0 atom stereocenters. The van der Waals surface area contributed by atoms with Gasteiger partial charge in [0.15, 0.2) is 0 Å². The third kappa shape index (κ3) is 4.24. The molecule has 7 heteroatoms. The largest absolute Gasteiger partial charge is 0.368 e. The fraction of sp³-hybridized carbons (Fsp3) is 0.190. The molecule has 0 bridgehead atoms. The number of piperazine rings is 1. The molecule has 3 aromatic rings. The van der Waals surface area contributed by atoms with E-state index >= 15 is 0 Å². The monoisotopic (exact) mass is 485 g/mol. The first-order valence-electron chi connectivity index (χ1n) is 9.13. The van der Waals surface area contributed by atoms with Crippen molar-refractivity contribution in [1.29, 1.82) is 0 Å². The molecule has 1 aliphatic rings. The Hall–Kier alpha value is -2.68. The Morgan fingerprint density at radius 2 is 1.46 bits per heavy atom. The van der Waals surface area contributed by atoms with Gasteiger partial charge in [-0.3, -0.25) is 4.79 Å². The molecule has 142 valence electrons. The van der Waals surface area contributed by atoms with Crippen molar-refractivity contribution in [3.8, 4) is 0 Å². The third-order valence-corrected chi connectivity index (χ3v) is 5.64. The van der Waals surface area contributed by atoms with Gasteiger partial charge in [0.2, 0.25) is 5.95 Å². The number of benzene rings is 2. The van der Waals surface area contributed by atoms with Crippen molar-refractivity contribution >= 4 is 45.8 Å². The molecule has 0 saturated carbocycles. The molecule has 28 heavy (non-hydrogen) atoms. The van der Waals surface area contributed by atoms with Crippen molar-refractivity contribution in [2.45, 2.75) is 0 Å². The highest BCUT2D eigenvalue weighted by molar-refractivity contribution is 14.1. The first kappa shape index (κ1) is 18.7. The van der Waals surface area contributed by atoms with Gasteiger partial charge in [0.1, 0.15) is 0 Å². The van der Waals surface area contributed by atoms with Crippen LogP contribution < -0.4 is 15.1 Å².